The molecule has 86 valence electrons. The van der Waals surface area contributed by atoms with E-state index in [1.807, 2.05) is 0 Å². The number of fused-ring (bicyclic) bond motifs is 2. The van der Waals surface area contributed by atoms with Gasteiger partial charge in [0, 0.05) is 0 Å². The zero-order chi connectivity index (χ0) is 11.1. The van der Waals surface area contributed by atoms with Gasteiger partial charge in [0.2, 0.25) is 0 Å². The number of carboxylic acid groups (broad SMARTS) is 1. The number of hydrogen-bond acceptors (Lipinski definition) is 2. The first kappa shape index (κ1) is 10.9. The van der Waals surface area contributed by atoms with Crippen LogP contribution in [0, 0.1) is 17.3 Å². The first-order valence-corrected chi connectivity index (χ1v) is 6.00. The van der Waals surface area contributed by atoms with Gasteiger partial charge in [-0.1, -0.05) is 26.2 Å². The van der Waals surface area contributed by atoms with E-state index in [1.165, 1.54) is 25.7 Å². The summed E-state index contributed by atoms with van der Waals surface area (Å²) in [5, 5.41) is 9.04. The van der Waals surface area contributed by atoms with Gasteiger partial charge in [-0.25, -0.2) is 0 Å². The van der Waals surface area contributed by atoms with Crippen LogP contribution >= 0.6 is 0 Å². The maximum absolute atomic E-state index is 11.0. The second-order valence-electron chi connectivity index (χ2n) is 5.78. The molecule has 2 rings (SSSR count). The Balaban J connectivity index is 2.12. The molecule has 2 saturated carbocycles. The van der Waals surface area contributed by atoms with Crippen LogP contribution in [0.3, 0.4) is 0 Å². The van der Waals surface area contributed by atoms with Crippen molar-refractivity contribution in [2.24, 2.45) is 23.0 Å². The highest BCUT2D eigenvalue weighted by molar-refractivity contribution is 5.74. The number of rotatable bonds is 2. The molecule has 0 saturated heterocycles. The normalized spacial score (nSPS) is 42.3. The fourth-order valence-corrected chi connectivity index (χ4v) is 3.73. The van der Waals surface area contributed by atoms with Crippen molar-refractivity contribution in [3.05, 3.63) is 0 Å². The van der Waals surface area contributed by atoms with E-state index in [4.69, 9.17) is 10.8 Å². The molecule has 3 heteroatoms. The Morgan fingerprint density at radius 3 is 2.40 bits per heavy atom. The van der Waals surface area contributed by atoms with Crippen molar-refractivity contribution < 1.29 is 9.90 Å². The van der Waals surface area contributed by atoms with Crippen LogP contribution in [-0.4, -0.2) is 17.1 Å². The van der Waals surface area contributed by atoms with Crippen LogP contribution in [0.15, 0.2) is 0 Å². The first-order chi connectivity index (χ1) is 7.01. The highest BCUT2D eigenvalue weighted by Crippen LogP contribution is 2.49. The quantitative estimate of drug-likeness (QED) is 0.734. The Morgan fingerprint density at radius 1 is 1.40 bits per heavy atom. The van der Waals surface area contributed by atoms with Crippen molar-refractivity contribution in [3.8, 4) is 0 Å². The lowest BCUT2D eigenvalue weighted by Gasteiger charge is -2.47. The van der Waals surface area contributed by atoms with Gasteiger partial charge in [-0.05, 0) is 36.5 Å². The summed E-state index contributed by atoms with van der Waals surface area (Å²) in [4.78, 5) is 11.0. The summed E-state index contributed by atoms with van der Waals surface area (Å²) in [5.74, 6) is 0.623. The van der Waals surface area contributed by atoms with E-state index in [1.54, 1.807) is 0 Å². The summed E-state index contributed by atoms with van der Waals surface area (Å²) in [7, 11) is 0. The van der Waals surface area contributed by atoms with Crippen LogP contribution in [-0.2, 0) is 4.79 Å². The van der Waals surface area contributed by atoms with Gasteiger partial charge in [-0.3, -0.25) is 4.79 Å². The molecule has 0 aliphatic heterocycles. The van der Waals surface area contributed by atoms with Crippen LogP contribution in [0.2, 0.25) is 0 Å². The van der Waals surface area contributed by atoms with Crippen molar-refractivity contribution >= 4 is 5.97 Å². The van der Waals surface area contributed by atoms with Crippen molar-refractivity contribution in [3.63, 3.8) is 0 Å². The van der Waals surface area contributed by atoms with Gasteiger partial charge in [0.15, 0.2) is 0 Å². The number of nitrogens with two attached hydrogens (primary N) is 1. The van der Waals surface area contributed by atoms with Crippen molar-refractivity contribution in [2.75, 3.05) is 0 Å². The SMILES string of the molecule is CC1([C@H](N)C(=O)O)CC2CCCC(C2)C1. The molecule has 2 aliphatic carbocycles. The molecule has 2 bridgehead atoms. The molecule has 0 heterocycles. The van der Waals surface area contributed by atoms with Crippen LogP contribution in [0.4, 0.5) is 0 Å². The second kappa shape index (κ2) is 3.78. The molecule has 0 aromatic carbocycles. The van der Waals surface area contributed by atoms with Gasteiger partial charge in [0.1, 0.15) is 6.04 Å². The molecule has 0 spiro atoms. The molecule has 2 unspecified atom stereocenters. The molecule has 15 heavy (non-hydrogen) atoms. The van der Waals surface area contributed by atoms with E-state index < -0.39 is 12.0 Å². The Kier molecular flexibility index (Phi) is 2.75. The van der Waals surface area contributed by atoms with Crippen molar-refractivity contribution in [2.45, 2.75) is 51.5 Å². The third-order valence-corrected chi connectivity index (χ3v) is 4.42. The molecular formula is C12H21NO2. The maximum atomic E-state index is 11.0. The fourth-order valence-electron chi connectivity index (χ4n) is 3.73. The van der Waals surface area contributed by atoms with E-state index in [-0.39, 0.29) is 5.41 Å². The average Bonchev–Trinajstić information content (AvgIpc) is 2.15. The minimum Gasteiger partial charge on any atom is -0.480 e. The third-order valence-electron chi connectivity index (χ3n) is 4.42. The number of aliphatic carboxylic acids is 1. The number of carboxylic acids is 1. The Labute approximate surface area is 91.0 Å². The molecule has 0 aromatic rings. The fraction of sp³-hybridized carbons (Fsp3) is 0.917. The molecule has 3 nitrogen and oxygen atoms in total. The van der Waals surface area contributed by atoms with Crippen molar-refractivity contribution in [1.29, 1.82) is 0 Å². The lowest BCUT2D eigenvalue weighted by Crippen LogP contribution is -2.50. The minimum absolute atomic E-state index is 0.167. The molecular weight excluding hydrogens is 190 g/mol. The van der Waals surface area contributed by atoms with E-state index in [9.17, 15) is 4.79 Å². The molecule has 2 fully saturated rings. The second-order valence-corrected chi connectivity index (χ2v) is 5.78. The molecule has 0 aromatic heterocycles. The molecule has 2 aliphatic rings. The predicted octanol–water partition coefficient (Wildman–Crippen LogP) is 2.00. The monoisotopic (exact) mass is 211 g/mol. The lowest BCUT2D eigenvalue weighted by atomic mass is 9.59. The van der Waals surface area contributed by atoms with E-state index in [0.717, 1.165) is 24.7 Å². The summed E-state index contributed by atoms with van der Waals surface area (Å²) in [5.41, 5.74) is 5.66. The van der Waals surface area contributed by atoms with E-state index >= 15 is 0 Å². The summed E-state index contributed by atoms with van der Waals surface area (Å²) in [6, 6.07) is -0.680. The molecule has 3 N–H and O–H groups in total. The van der Waals surface area contributed by atoms with Crippen LogP contribution in [0.5, 0.6) is 0 Å². The zero-order valence-corrected chi connectivity index (χ0v) is 9.41. The predicted molar refractivity (Wildman–Crippen MR) is 58.4 cm³/mol. The topological polar surface area (TPSA) is 63.3 Å². The summed E-state index contributed by atoms with van der Waals surface area (Å²) in [6.07, 6.45) is 7.21. The van der Waals surface area contributed by atoms with Crippen LogP contribution < -0.4 is 5.73 Å². The van der Waals surface area contributed by atoms with Gasteiger partial charge in [-0.2, -0.15) is 0 Å². The largest absolute Gasteiger partial charge is 0.480 e. The van der Waals surface area contributed by atoms with Crippen LogP contribution in [0.25, 0.3) is 0 Å². The van der Waals surface area contributed by atoms with Gasteiger partial charge < -0.3 is 10.8 Å². The Bertz CT molecular complexity index is 252. The van der Waals surface area contributed by atoms with Crippen LogP contribution in [0.1, 0.15) is 45.4 Å². The summed E-state index contributed by atoms with van der Waals surface area (Å²) < 4.78 is 0. The number of carbonyl (C=O) groups is 1. The first-order valence-electron chi connectivity index (χ1n) is 6.00. The van der Waals surface area contributed by atoms with Gasteiger partial charge in [0.25, 0.3) is 0 Å². The van der Waals surface area contributed by atoms with Gasteiger partial charge >= 0.3 is 5.97 Å². The van der Waals surface area contributed by atoms with Crippen molar-refractivity contribution in [1.82, 2.24) is 0 Å². The molecule has 3 atom stereocenters. The van der Waals surface area contributed by atoms with E-state index in [2.05, 4.69) is 6.92 Å². The molecule has 0 radical (unpaired) electrons. The maximum Gasteiger partial charge on any atom is 0.321 e. The summed E-state index contributed by atoms with van der Waals surface area (Å²) in [6.45, 7) is 2.07. The van der Waals surface area contributed by atoms with E-state index in [0.29, 0.717) is 0 Å². The third kappa shape index (κ3) is 2.03. The molecule has 0 amide bonds. The summed E-state index contributed by atoms with van der Waals surface area (Å²) >= 11 is 0. The standard InChI is InChI=1S/C12H21NO2/c1-12(10(13)11(14)15)6-8-3-2-4-9(5-8)7-12/h8-10H,2-7,13H2,1H3,(H,14,15)/t8?,9?,10-,12?/m1/s1. The average molecular weight is 211 g/mol. The van der Waals surface area contributed by atoms with Gasteiger partial charge in [0.05, 0.1) is 0 Å². The van der Waals surface area contributed by atoms with Gasteiger partial charge in [-0.15, -0.1) is 0 Å². The number of hydrogen-bond donors (Lipinski definition) is 2. The highest BCUT2D eigenvalue weighted by Gasteiger charge is 2.44. The Hall–Kier alpha value is -0.570. The highest BCUT2D eigenvalue weighted by atomic mass is 16.4. The smallest absolute Gasteiger partial charge is 0.321 e. The minimum atomic E-state index is -0.836. The lowest BCUT2D eigenvalue weighted by molar-refractivity contribution is -0.143. The zero-order valence-electron chi connectivity index (χ0n) is 9.41. The Morgan fingerprint density at radius 2 is 1.93 bits per heavy atom.